The van der Waals surface area contributed by atoms with E-state index in [-0.39, 0.29) is 84.4 Å². The fourth-order valence-corrected chi connectivity index (χ4v) is 10.4. The number of ether oxygens (including phenoxy) is 8. The molecule has 12 heteroatoms. The van der Waals surface area contributed by atoms with Crippen molar-refractivity contribution in [2.45, 2.75) is 160 Å². The third-order valence-corrected chi connectivity index (χ3v) is 13.3. The van der Waals surface area contributed by atoms with Crippen LogP contribution < -0.4 is 0 Å². The average molecular weight is 760 g/mol. The molecule has 0 aromatic carbocycles. The van der Waals surface area contributed by atoms with Gasteiger partial charge in [-0.1, -0.05) is 32.1 Å². The number of ketones is 1. The van der Waals surface area contributed by atoms with E-state index in [9.17, 15) is 14.4 Å². The second-order valence-electron chi connectivity index (χ2n) is 16.9. The summed E-state index contributed by atoms with van der Waals surface area (Å²) in [6, 6.07) is 0.326. The molecule has 6 rings (SSSR count). The van der Waals surface area contributed by atoms with Crippen molar-refractivity contribution >= 4 is 17.7 Å². The Labute approximate surface area is 321 Å². The van der Waals surface area contributed by atoms with Crippen LogP contribution in [0.15, 0.2) is 23.8 Å². The molecule has 3 aliphatic carbocycles. The fraction of sp³-hybridized carbons (Fsp3) is 0.833. The summed E-state index contributed by atoms with van der Waals surface area (Å²) >= 11 is 0. The molecule has 0 aromatic heterocycles. The number of carbonyl (C=O) groups is 3. The van der Waals surface area contributed by atoms with E-state index < -0.39 is 36.7 Å². The van der Waals surface area contributed by atoms with Crippen molar-refractivity contribution in [3.8, 4) is 0 Å². The van der Waals surface area contributed by atoms with Crippen molar-refractivity contribution in [2.75, 3.05) is 28.3 Å². The number of likely N-dealkylation sites (N-methyl/N-ethyl adjacent to an activating group) is 1. The van der Waals surface area contributed by atoms with Gasteiger partial charge in [-0.3, -0.25) is 14.4 Å². The van der Waals surface area contributed by atoms with Gasteiger partial charge >= 0.3 is 11.9 Å². The summed E-state index contributed by atoms with van der Waals surface area (Å²) in [6.07, 6.45) is 9.25. The molecular formula is C42H65NO11. The maximum Gasteiger partial charge on any atom is 0.306 e. The molecule has 3 aliphatic heterocycles. The van der Waals surface area contributed by atoms with Crippen LogP contribution in [-0.4, -0.2) is 118 Å². The van der Waals surface area contributed by atoms with Gasteiger partial charge in [0.2, 0.25) is 0 Å². The predicted octanol–water partition coefficient (Wildman–Crippen LogP) is 5.40. The van der Waals surface area contributed by atoms with E-state index in [2.05, 4.69) is 51.1 Å². The van der Waals surface area contributed by atoms with Crippen LogP contribution >= 0.6 is 0 Å². The van der Waals surface area contributed by atoms with E-state index in [1.807, 2.05) is 13.8 Å². The van der Waals surface area contributed by atoms with Crippen molar-refractivity contribution in [1.82, 2.24) is 4.90 Å². The molecule has 4 fully saturated rings. The Bertz CT molecular complexity index is 1380. The highest BCUT2D eigenvalue weighted by Crippen LogP contribution is 2.54. The number of allylic oxidation sites excluding steroid dienone is 4. The first kappa shape index (κ1) is 41.4. The minimum Gasteiger partial charge on any atom is -0.462 e. The summed E-state index contributed by atoms with van der Waals surface area (Å²) in [6.45, 7) is 9.37. The van der Waals surface area contributed by atoms with Gasteiger partial charge in [0.25, 0.3) is 0 Å². The highest BCUT2D eigenvalue weighted by Gasteiger charge is 2.53. The summed E-state index contributed by atoms with van der Waals surface area (Å²) in [5, 5.41) is 0. The first-order chi connectivity index (χ1) is 25.8. The minimum atomic E-state index is -0.714. The van der Waals surface area contributed by atoms with Crippen molar-refractivity contribution in [2.24, 2.45) is 35.5 Å². The Morgan fingerprint density at radius 3 is 2.31 bits per heavy atom. The number of rotatable bonds is 9. The van der Waals surface area contributed by atoms with Gasteiger partial charge in [0.15, 0.2) is 24.5 Å². The molecule has 1 saturated carbocycles. The van der Waals surface area contributed by atoms with Crippen LogP contribution in [0, 0.1) is 35.5 Å². The van der Waals surface area contributed by atoms with Gasteiger partial charge < -0.3 is 42.8 Å². The lowest BCUT2D eigenvalue weighted by Crippen LogP contribution is -2.60. The smallest absolute Gasteiger partial charge is 0.306 e. The van der Waals surface area contributed by atoms with Crippen molar-refractivity contribution in [1.29, 1.82) is 0 Å². The first-order valence-corrected chi connectivity index (χ1v) is 20.5. The van der Waals surface area contributed by atoms with Gasteiger partial charge in [-0.25, -0.2) is 0 Å². The lowest BCUT2D eigenvalue weighted by Gasteiger charge is -2.44. The molecule has 12 nitrogen and oxygen atoms in total. The molecule has 0 bridgehead atoms. The maximum atomic E-state index is 14.7. The van der Waals surface area contributed by atoms with Gasteiger partial charge in [-0.2, -0.15) is 0 Å². The monoisotopic (exact) mass is 759 g/mol. The number of fused-ring (bicyclic) bond motifs is 5. The fourth-order valence-electron chi connectivity index (χ4n) is 10.4. The summed E-state index contributed by atoms with van der Waals surface area (Å²) in [7, 11) is 7.31. The molecule has 0 amide bonds. The number of cyclic esters (lactones) is 1. The number of hydrogen-bond donors (Lipinski definition) is 0. The lowest BCUT2D eigenvalue weighted by atomic mass is 9.70. The van der Waals surface area contributed by atoms with E-state index in [0.717, 1.165) is 50.5 Å². The number of nitrogens with zero attached hydrogens (tertiary/aromatic N) is 1. The van der Waals surface area contributed by atoms with Crippen LogP contribution in [0.2, 0.25) is 0 Å². The molecule has 17 atom stereocenters. The first-order valence-electron chi connectivity index (χ1n) is 20.5. The zero-order valence-corrected chi connectivity index (χ0v) is 33.8. The normalized spacial score (nSPS) is 44.3. The van der Waals surface area contributed by atoms with Gasteiger partial charge in [0.1, 0.15) is 18.3 Å². The number of hydrogen-bond acceptors (Lipinski definition) is 12. The Balaban J connectivity index is 1.20. The summed E-state index contributed by atoms with van der Waals surface area (Å²) in [5.41, 5.74) is 0.736. The molecule has 0 aromatic rings. The molecule has 304 valence electrons. The molecule has 3 saturated heterocycles. The topological polar surface area (TPSA) is 128 Å². The molecule has 0 unspecified atom stereocenters. The van der Waals surface area contributed by atoms with Crippen molar-refractivity contribution in [3.05, 3.63) is 23.8 Å². The second kappa shape index (κ2) is 17.9. The van der Waals surface area contributed by atoms with Crippen LogP contribution in [0.25, 0.3) is 0 Å². The van der Waals surface area contributed by atoms with E-state index in [1.165, 1.54) is 6.92 Å². The van der Waals surface area contributed by atoms with Crippen LogP contribution in [-0.2, 0) is 52.3 Å². The summed E-state index contributed by atoms with van der Waals surface area (Å²) in [5.74, 6) is -0.666. The SMILES string of the molecule is CC[C@H]1CCC[C@H](O[C@H]2CC[C@H](N(C)C)[C@@H](C)O2)[C@@H](C)C(=O)C2=C[C@@H]3[C@@H](C=C[C@@H]4C[C@@H](O[C@@H]5O[C@@H](C)[C@H](OC(C)=O)[C@@H](OC)[C@H]5OC)C[C@@H]34)[C@@H]2CC(=O)O1. The zero-order valence-electron chi connectivity index (χ0n) is 33.8. The summed E-state index contributed by atoms with van der Waals surface area (Å²) < 4.78 is 49.3. The number of esters is 2. The van der Waals surface area contributed by atoms with Crippen LogP contribution in [0.4, 0.5) is 0 Å². The molecular weight excluding hydrogens is 694 g/mol. The maximum absolute atomic E-state index is 14.7. The average Bonchev–Trinajstić information content (AvgIpc) is 3.71. The quantitative estimate of drug-likeness (QED) is 0.221. The van der Waals surface area contributed by atoms with Crippen LogP contribution in [0.1, 0.15) is 92.4 Å². The Kier molecular flexibility index (Phi) is 13.8. The van der Waals surface area contributed by atoms with Crippen molar-refractivity contribution < 1.29 is 52.3 Å². The largest absolute Gasteiger partial charge is 0.462 e. The third kappa shape index (κ3) is 8.85. The van der Waals surface area contributed by atoms with E-state index in [0.29, 0.717) is 12.5 Å². The van der Waals surface area contributed by atoms with E-state index in [1.54, 1.807) is 14.2 Å². The highest BCUT2D eigenvalue weighted by molar-refractivity contribution is 5.99. The minimum absolute atomic E-state index is 0.0108. The number of methoxy groups -OCH3 is 2. The van der Waals surface area contributed by atoms with Crippen molar-refractivity contribution in [3.63, 3.8) is 0 Å². The standard InChI is InChI=1S/C42H65NO11/c1-10-27-12-11-13-35(54-37-17-16-34(43(6)7)23(3)49-37)22(2)38(46)33-20-31-29(32(33)21-36(45)52-27)15-14-26-18-28(19-30(26)31)53-42-41(48-9)40(47-8)39(24(4)50-42)51-25(5)44/h14-15,20,22-24,26-32,34-35,37,39-42H,10-13,16-19,21H2,1-9H3/t22-,23-,24+,26-,27+,28-,29-,30-,31-,32+,34+,35+,37+,39+,40-,41-,42+/m1/s1. The van der Waals surface area contributed by atoms with E-state index >= 15 is 0 Å². The van der Waals surface area contributed by atoms with Gasteiger partial charge in [0.05, 0.1) is 30.8 Å². The molecule has 54 heavy (non-hydrogen) atoms. The Morgan fingerprint density at radius 2 is 1.65 bits per heavy atom. The zero-order chi connectivity index (χ0) is 38.8. The van der Waals surface area contributed by atoms with E-state index in [4.69, 9.17) is 37.9 Å². The molecule has 0 N–H and O–H groups in total. The Morgan fingerprint density at radius 1 is 0.889 bits per heavy atom. The van der Waals surface area contributed by atoms with Crippen LogP contribution in [0.3, 0.4) is 0 Å². The number of Topliss-reactive ketones (excluding diaryl/α,β-unsaturated/α-hetero) is 1. The second-order valence-corrected chi connectivity index (χ2v) is 16.9. The highest BCUT2D eigenvalue weighted by atomic mass is 16.7. The third-order valence-electron chi connectivity index (χ3n) is 13.3. The molecule has 6 aliphatic rings. The molecule has 0 spiro atoms. The predicted molar refractivity (Wildman–Crippen MR) is 199 cm³/mol. The van der Waals surface area contributed by atoms with Gasteiger partial charge in [-0.15, -0.1) is 0 Å². The number of carbonyl (C=O) groups excluding carboxylic acids is 3. The molecule has 0 radical (unpaired) electrons. The van der Waals surface area contributed by atoms with Gasteiger partial charge in [0, 0.05) is 39.0 Å². The lowest BCUT2D eigenvalue weighted by molar-refractivity contribution is -0.313. The summed E-state index contributed by atoms with van der Waals surface area (Å²) in [4.78, 5) is 42.2. The molecule has 3 heterocycles. The van der Waals surface area contributed by atoms with Gasteiger partial charge in [-0.05, 0) is 109 Å². The van der Waals surface area contributed by atoms with Crippen LogP contribution in [0.5, 0.6) is 0 Å². The Hall–Kier alpha value is -2.19.